The summed E-state index contributed by atoms with van der Waals surface area (Å²) in [4.78, 5) is 12.3. The molecule has 4 heteroatoms. The smallest absolute Gasteiger partial charge is 0.260 e. The molecule has 0 aliphatic heterocycles. The summed E-state index contributed by atoms with van der Waals surface area (Å²) in [5.74, 6) is 1.58. The summed E-state index contributed by atoms with van der Waals surface area (Å²) in [6.45, 7) is 2.44. The van der Waals surface area contributed by atoms with Crippen LogP contribution in [0.5, 0.6) is 11.5 Å². The quantitative estimate of drug-likeness (QED) is 0.715. The van der Waals surface area contributed by atoms with Gasteiger partial charge in [-0.15, -0.1) is 0 Å². The van der Waals surface area contributed by atoms with E-state index in [-0.39, 0.29) is 5.91 Å². The van der Waals surface area contributed by atoms with Crippen molar-refractivity contribution in [3.63, 3.8) is 0 Å². The number of aryl methyl sites for hydroxylation is 3. The van der Waals surface area contributed by atoms with Gasteiger partial charge >= 0.3 is 0 Å². The Bertz CT molecular complexity index is 772. The molecule has 2 aromatic carbocycles. The third-order valence-electron chi connectivity index (χ3n) is 5.08. The number of fused-ring (bicyclic) bond motifs is 1. The van der Waals surface area contributed by atoms with Crippen LogP contribution in [0.3, 0.4) is 0 Å². The first-order valence-electron chi connectivity index (χ1n) is 9.85. The number of hydrogen-bond acceptors (Lipinski definition) is 3. The Morgan fingerprint density at radius 2 is 1.89 bits per heavy atom. The fourth-order valence-corrected chi connectivity index (χ4v) is 3.52. The van der Waals surface area contributed by atoms with E-state index >= 15 is 0 Å². The largest absolute Gasteiger partial charge is 0.497 e. The summed E-state index contributed by atoms with van der Waals surface area (Å²) in [5.41, 5.74) is 4.00. The molecule has 0 radical (unpaired) electrons. The van der Waals surface area contributed by atoms with Crippen molar-refractivity contribution >= 4 is 5.91 Å². The molecule has 4 nitrogen and oxygen atoms in total. The molecule has 1 aliphatic carbocycles. The van der Waals surface area contributed by atoms with E-state index in [0.717, 1.165) is 37.2 Å². The minimum atomic E-state index is -0.497. The van der Waals surface area contributed by atoms with Gasteiger partial charge in [0.15, 0.2) is 6.10 Å². The average Bonchev–Trinajstić information content (AvgIpc) is 2.71. The number of nitrogens with one attached hydrogen (secondary N) is 1. The van der Waals surface area contributed by atoms with Crippen molar-refractivity contribution in [1.82, 2.24) is 5.32 Å². The van der Waals surface area contributed by atoms with Gasteiger partial charge in [-0.3, -0.25) is 4.79 Å². The summed E-state index contributed by atoms with van der Waals surface area (Å²) in [5, 5.41) is 2.97. The Morgan fingerprint density at radius 1 is 1.07 bits per heavy atom. The highest BCUT2D eigenvalue weighted by Gasteiger charge is 2.16. The number of benzene rings is 2. The second kappa shape index (κ2) is 9.45. The molecule has 0 fully saturated rings. The van der Waals surface area contributed by atoms with E-state index in [1.165, 1.54) is 29.5 Å². The van der Waals surface area contributed by atoms with Gasteiger partial charge in [-0.25, -0.2) is 0 Å². The van der Waals surface area contributed by atoms with Crippen LogP contribution in [0.1, 0.15) is 42.9 Å². The van der Waals surface area contributed by atoms with Crippen molar-refractivity contribution in [2.24, 2.45) is 0 Å². The van der Waals surface area contributed by atoms with Crippen LogP contribution in [0, 0.1) is 0 Å². The van der Waals surface area contributed by atoms with Gasteiger partial charge in [-0.1, -0.05) is 18.2 Å². The molecule has 1 aliphatic rings. The Balaban J connectivity index is 1.42. The molecule has 144 valence electrons. The highest BCUT2D eigenvalue weighted by atomic mass is 16.5. The molecule has 0 saturated heterocycles. The number of carbonyl (C=O) groups excluding carboxylic acids is 1. The van der Waals surface area contributed by atoms with E-state index in [1.807, 2.05) is 24.3 Å². The predicted octanol–water partition coefficient (Wildman–Crippen LogP) is 4.09. The summed E-state index contributed by atoms with van der Waals surface area (Å²) >= 11 is 0. The van der Waals surface area contributed by atoms with E-state index in [2.05, 4.69) is 23.5 Å². The number of methoxy groups -OCH3 is 1. The first-order valence-corrected chi connectivity index (χ1v) is 9.85. The van der Waals surface area contributed by atoms with Gasteiger partial charge in [0.05, 0.1) is 7.11 Å². The zero-order chi connectivity index (χ0) is 19.1. The van der Waals surface area contributed by atoms with Crippen molar-refractivity contribution < 1.29 is 14.3 Å². The van der Waals surface area contributed by atoms with Crippen molar-refractivity contribution in [1.29, 1.82) is 0 Å². The van der Waals surface area contributed by atoms with Gasteiger partial charge in [0.2, 0.25) is 0 Å². The van der Waals surface area contributed by atoms with Crippen LogP contribution in [-0.4, -0.2) is 25.7 Å². The lowest BCUT2D eigenvalue weighted by atomic mass is 9.92. The summed E-state index contributed by atoms with van der Waals surface area (Å²) in [6.07, 6.45) is 6.04. The summed E-state index contributed by atoms with van der Waals surface area (Å²) in [7, 11) is 1.67. The van der Waals surface area contributed by atoms with Gasteiger partial charge in [-0.05, 0) is 86.4 Å². The fraction of sp³-hybridized carbons (Fsp3) is 0.435. The lowest BCUT2D eigenvalue weighted by molar-refractivity contribution is -0.127. The molecule has 0 saturated carbocycles. The molecule has 3 rings (SSSR count). The molecule has 1 amide bonds. The Morgan fingerprint density at radius 3 is 2.70 bits per heavy atom. The molecule has 27 heavy (non-hydrogen) atoms. The van der Waals surface area contributed by atoms with Crippen LogP contribution in [-0.2, 0) is 24.1 Å². The van der Waals surface area contributed by atoms with Crippen LogP contribution in [0.25, 0.3) is 0 Å². The van der Waals surface area contributed by atoms with E-state index < -0.39 is 6.10 Å². The van der Waals surface area contributed by atoms with E-state index in [1.54, 1.807) is 14.0 Å². The standard InChI is InChI=1S/C23H29NO3/c1-17(27-22-13-12-19-9-3-4-10-20(19)16-22)23(25)24-14-6-8-18-7-5-11-21(15-18)26-2/h5,7,11-13,15-17H,3-4,6,8-10,14H2,1-2H3,(H,24,25)/t17-/m0/s1. The maximum atomic E-state index is 12.3. The lowest BCUT2D eigenvalue weighted by Gasteiger charge is -2.19. The summed E-state index contributed by atoms with van der Waals surface area (Å²) in [6, 6.07) is 14.3. The van der Waals surface area contributed by atoms with Crippen LogP contribution < -0.4 is 14.8 Å². The maximum absolute atomic E-state index is 12.3. The molecule has 2 aromatic rings. The van der Waals surface area contributed by atoms with Crippen molar-refractivity contribution in [3.8, 4) is 11.5 Å². The molecule has 1 atom stereocenters. The highest BCUT2D eigenvalue weighted by molar-refractivity contribution is 5.80. The molecule has 1 N–H and O–H groups in total. The molecule has 0 aromatic heterocycles. The Labute approximate surface area is 161 Å². The van der Waals surface area contributed by atoms with Crippen molar-refractivity contribution in [2.75, 3.05) is 13.7 Å². The zero-order valence-corrected chi connectivity index (χ0v) is 16.3. The van der Waals surface area contributed by atoms with Gasteiger partial charge in [-0.2, -0.15) is 0 Å². The molecular formula is C23H29NO3. The predicted molar refractivity (Wildman–Crippen MR) is 107 cm³/mol. The second-order valence-corrected chi connectivity index (χ2v) is 7.14. The van der Waals surface area contributed by atoms with E-state index in [9.17, 15) is 4.79 Å². The number of amides is 1. The SMILES string of the molecule is COc1cccc(CCCNC(=O)[C@H](C)Oc2ccc3c(c2)CCCC3)c1. The number of ether oxygens (including phenoxy) is 2. The van der Waals surface area contributed by atoms with Crippen LogP contribution in [0.2, 0.25) is 0 Å². The number of carbonyl (C=O) groups is 1. The van der Waals surface area contributed by atoms with Gasteiger partial charge in [0.25, 0.3) is 5.91 Å². The zero-order valence-electron chi connectivity index (χ0n) is 16.3. The van der Waals surface area contributed by atoms with Gasteiger partial charge < -0.3 is 14.8 Å². The Hall–Kier alpha value is -2.49. The van der Waals surface area contributed by atoms with E-state index in [0.29, 0.717) is 6.54 Å². The summed E-state index contributed by atoms with van der Waals surface area (Å²) < 4.78 is 11.1. The molecule has 0 heterocycles. The van der Waals surface area contributed by atoms with Crippen molar-refractivity contribution in [2.45, 2.75) is 51.6 Å². The molecule has 0 bridgehead atoms. The fourth-order valence-electron chi connectivity index (χ4n) is 3.52. The monoisotopic (exact) mass is 367 g/mol. The first kappa shape index (κ1) is 19.3. The van der Waals surface area contributed by atoms with Gasteiger partial charge in [0, 0.05) is 6.54 Å². The average molecular weight is 367 g/mol. The lowest BCUT2D eigenvalue weighted by Crippen LogP contribution is -2.37. The number of rotatable bonds is 8. The molecular weight excluding hydrogens is 338 g/mol. The first-order chi connectivity index (χ1) is 13.2. The second-order valence-electron chi connectivity index (χ2n) is 7.14. The third-order valence-corrected chi connectivity index (χ3v) is 5.08. The third kappa shape index (κ3) is 5.49. The maximum Gasteiger partial charge on any atom is 0.260 e. The topological polar surface area (TPSA) is 47.6 Å². The molecule has 0 spiro atoms. The van der Waals surface area contributed by atoms with Crippen LogP contribution in [0.4, 0.5) is 0 Å². The van der Waals surface area contributed by atoms with Crippen LogP contribution >= 0.6 is 0 Å². The highest BCUT2D eigenvalue weighted by Crippen LogP contribution is 2.25. The van der Waals surface area contributed by atoms with Crippen LogP contribution in [0.15, 0.2) is 42.5 Å². The van der Waals surface area contributed by atoms with Gasteiger partial charge in [0.1, 0.15) is 11.5 Å². The number of hydrogen-bond donors (Lipinski definition) is 1. The van der Waals surface area contributed by atoms with Crippen molar-refractivity contribution in [3.05, 3.63) is 59.2 Å². The minimum absolute atomic E-state index is 0.0710. The normalized spacial score (nSPS) is 14.1. The molecule has 0 unspecified atom stereocenters. The van der Waals surface area contributed by atoms with E-state index in [4.69, 9.17) is 9.47 Å². The minimum Gasteiger partial charge on any atom is -0.497 e. The Kier molecular flexibility index (Phi) is 6.74.